The van der Waals surface area contributed by atoms with Crippen LogP contribution in [-0.4, -0.2) is 61.4 Å². The van der Waals surface area contributed by atoms with Crippen molar-refractivity contribution in [3.8, 4) is 0 Å². The zero-order valence-electron chi connectivity index (χ0n) is 16.7. The molecular formula is C22H27ClN4O2. The van der Waals surface area contributed by atoms with Crippen molar-refractivity contribution >= 4 is 23.4 Å². The predicted molar refractivity (Wildman–Crippen MR) is 115 cm³/mol. The fourth-order valence-corrected chi connectivity index (χ4v) is 3.45. The van der Waals surface area contributed by atoms with Gasteiger partial charge in [0.2, 0.25) is 5.91 Å². The zero-order valence-corrected chi connectivity index (χ0v) is 17.4. The topological polar surface area (TPSA) is 64.7 Å². The Labute approximate surface area is 176 Å². The minimum atomic E-state index is -0.322. The summed E-state index contributed by atoms with van der Waals surface area (Å²) in [7, 11) is 2.15. The van der Waals surface area contributed by atoms with Crippen LogP contribution in [0.2, 0.25) is 5.02 Å². The van der Waals surface area contributed by atoms with Crippen LogP contribution in [0.15, 0.2) is 48.5 Å². The summed E-state index contributed by atoms with van der Waals surface area (Å²) >= 11 is 5.89. The van der Waals surface area contributed by atoms with Gasteiger partial charge in [-0.15, -0.1) is 0 Å². The molecule has 0 radical (unpaired) electrons. The first-order chi connectivity index (χ1) is 14.0. The van der Waals surface area contributed by atoms with Gasteiger partial charge in [0.15, 0.2) is 0 Å². The Bertz CT molecular complexity index is 850. The van der Waals surface area contributed by atoms with Crippen LogP contribution in [0.3, 0.4) is 0 Å². The highest BCUT2D eigenvalue weighted by Gasteiger charge is 2.14. The molecule has 1 fully saturated rings. The van der Waals surface area contributed by atoms with Crippen LogP contribution >= 0.6 is 11.6 Å². The Hall–Kier alpha value is -2.41. The summed E-state index contributed by atoms with van der Waals surface area (Å²) in [5.74, 6) is -0.554. The average Bonchev–Trinajstić information content (AvgIpc) is 2.72. The first kappa shape index (κ1) is 21.3. The highest BCUT2D eigenvalue weighted by atomic mass is 35.5. The van der Waals surface area contributed by atoms with E-state index in [4.69, 9.17) is 11.6 Å². The minimum Gasteiger partial charge on any atom is -0.350 e. The van der Waals surface area contributed by atoms with Crippen LogP contribution in [0.25, 0.3) is 0 Å². The smallest absolute Gasteiger partial charge is 0.251 e. The summed E-state index contributed by atoms with van der Waals surface area (Å²) < 4.78 is 0. The van der Waals surface area contributed by atoms with E-state index in [-0.39, 0.29) is 18.4 Å². The van der Waals surface area contributed by atoms with Gasteiger partial charge in [0, 0.05) is 49.9 Å². The van der Waals surface area contributed by atoms with E-state index in [1.165, 1.54) is 5.56 Å². The van der Waals surface area contributed by atoms with E-state index in [2.05, 4.69) is 39.6 Å². The number of carbonyl (C=O) groups is 2. The van der Waals surface area contributed by atoms with Gasteiger partial charge >= 0.3 is 0 Å². The Balaban J connectivity index is 1.43. The molecule has 154 valence electrons. The van der Waals surface area contributed by atoms with Gasteiger partial charge in [-0.2, -0.15) is 0 Å². The van der Waals surface area contributed by atoms with Crippen molar-refractivity contribution < 1.29 is 9.59 Å². The monoisotopic (exact) mass is 414 g/mol. The van der Waals surface area contributed by atoms with E-state index in [1.54, 1.807) is 24.3 Å². The SMILES string of the molecule is CN1CCN(Cc2cccc(CNC(=O)CNC(=O)c3cccc(Cl)c3)c2)CC1. The number of likely N-dealkylation sites (N-methyl/N-ethyl adjacent to an activating group) is 1. The van der Waals surface area contributed by atoms with E-state index in [1.807, 2.05) is 12.1 Å². The minimum absolute atomic E-state index is 0.0771. The molecule has 0 saturated carbocycles. The summed E-state index contributed by atoms with van der Waals surface area (Å²) in [5.41, 5.74) is 2.73. The normalized spacial score (nSPS) is 15.1. The highest BCUT2D eigenvalue weighted by Crippen LogP contribution is 2.11. The molecule has 2 amide bonds. The molecule has 3 rings (SSSR count). The Kier molecular flexibility index (Phi) is 7.63. The number of amides is 2. The summed E-state index contributed by atoms with van der Waals surface area (Å²) in [4.78, 5) is 28.9. The first-order valence-electron chi connectivity index (χ1n) is 9.79. The molecule has 0 spiro atoms. The number of piperazine rings is 1. The molecule has 1 heterocycles. The van der Waals surface area contributed by atoms with Gasteiger partial charge in [-0.1, -0.05) is 41.9 Å². The number of nitrogens with one attached hydrogen (secondary N) is 2. The van der Waals surface area contributed by atoms with Crippen molar-refractivity contribution in [1.29, 1.82) is 0 Å². The summed E-state index contributed by atoms with van der Waals surface area (Å²) in [6.45, 7) is 5.61. The maximum Gasteiger partial charge on any atom is 0.251 e. The maximum absolute atomic E-state index is 12.1. The molecule has 1 aliphatic heterocycles. The number of benzene rings is 2. The fraction of sp³-hybridized carbons (Fsp3) is 0.364. The van der Waals surface area contributed by atoms with Crippen molar-refractivity contribution in [1.82, 2.24) is 20.4 Å². The second-order valence-electron chi connectivity index (χ2n) is 7.37. The van der Waals surface area contributed by atoms with E-state index in [0.717, 1.165) is 38.3 Å². The van der Waals surface area contributed by atoms with E-state index < -0.39 is 0 Å². The van der Waals surface area contributed by atoms with Crippen LogP contribution in [0, 0.1) is 0 Å². The summed E-state index contributed by atoms with van der Waals surface area (Å²) in [6.07, 6.45) is 0. The lowest BCUT2D eigenvalue weighted by atomic mass is 10.1. The molecule has 7 heteroatoms. The molecule has 0 bridgehead atoms. The lowest BCUT2D eigenvalue weighted by molar-refractivity contribution is -0.120. The van der Waals surface area contributed by atoms with Crippen LogP contribution in [0.4, 0.5) is 0 Å². The van der Waals surface area contributed by atoms with Gasteiger partial charge in [-0.25, -0.2) is 0 Å². The molecule has 1 saturated heterocycles. The Morgan fingerprint density at radius 1 is 0.966 bits per heavy atom. The highest BCUT2D eigenvalue weighted by molar-refractivity contribution is 6.30. The maximum atomic E-state index is 12.1. The quantitative estimate of drug-likeness (QED) is 0.728. The molecule has 2 aromatic rings. The van der Waals surface area contributed by atoms with E-state index in [9.17, 15) is 9.59 Å². The van der Waals surface area contributed by atoms with Crippen molar-refractivity contribution in [3.05, 3.63) is 70.2 Å². The van der Waals surface area contributed by atoms with Crippen LogP contribution < -0.4 is 10.6 Å². The zero-order chi connectivity index (χ0) is 20.6. The Morgan fingerprint density at radius 2 is 1.69 bits per heavy atom. The van der Waals surface area contributed by atoms with Crippen molar-refractivity contribution in [2.75, 3.05) is 39.8 Å². The standard InChI is InChI=1S/C22H27ClN4O2/c1-26-8-10-27(11-9-26)16-18-5-2-4-17(12-18)14-24-21(28)15-25-22(29)19-6-3-7-20(23)13-19/h2-7,12-13H,8-11,14-16H2,1H3,(H,24,28)(H,25,29). The lowest BCUT2D eigenvalue weighted by Crippen LogP contribution is -2.43. The van der Waals surface area contributed by atoms with Gasteiger partial charge < -0.3 is 15.5 Å². The van der Waals surface area contributed by atoms with Crippen LogP contribution in [0.5, 0.6) is 0 Å². The Morgan fingerprint density at radius 3 is 2.45 bits per heavy atom. The molecule has 1 aliphatic rings. The largest absolute Gasteiger partial charge is 0.350 e. The molecule has 0 aromatic heterocycles. The third-order valence-electron chi connectivity index (χ3n) is 4.98. The predicted octanol–water partition coefficient (Wildman–Crippen LogP) is 2.13. The number of hydrogen-bond donors (Lipinski definition) is 2. The number of hydrogen-bond acceptors (Lipinski definition) is 4. The molecule has 6 nitrogen and oxygen atoms in total. The van der Waals surface area contributed by atoms with Crippen molar-refractivity contribution in [3.63, 3.8) is 0 Å². The molecule has 0 atom stereocenters. The van der Waals surface area contributed by atoms with Crippen LogP contribution in [0.1, 0.15) is 21.5 Å². The summed E-state index contributed by atoms with van der Waals surface area (Å²) in [5, 5.41) is 5.95. The van der Waals surface area contributed by atoms with Crippen LogP contribution in [-0.2, 0) is 17.9 Å². The van der Waals surface area contributed by atoms with Gasteiger partial charge in [0.1, 0.15) is 0 Å². The number of nitrogens with zero attached hydrogens (tertiary/aromatic N) is 2. The third-order valence-corrected chi connectivity index (χ3v) is 5.21. The molecule has 0 aliphatic carbocycles. The molecule has 2 N–H and O–H groups in total. The summed E-state index contributed by atoms with van der Waals surface area (Å²) in [6, 6.07) is 14.9. The average molecular weight is 415 g/mol. The number of halogens is 1. The second-order valence-corrected chi connectivity index (χ2v) is 7.81. The van der Waals surface area contributed by atoms with Crippen molar-refractivity contribution in [2.45, 2.75) is 13.1 Å². The molecule has 0 unspecified atom stereocenters. The fourth-order valence-electron chi connectivity index (χ4n) is 3.26. The van der Waals surface area contributed by atoms with Crippen molar-refractivity contribution in [2.24, 2.45) is 0 Å². The second kappa shape index (κ2) is 10.4. The van der Waals surface area contributed by atoms with Gasteiger partial charge in [-0.05, 0) is 36.4 Å². The van der Waals surface area contributed by atoms with Gasteiger partial charge in [0.05, 0.1) is 6.54 Å². The first-order valence-corrected chi connectivity index (χ1v) is 10.2. The van der Waals surface area contributed by atoms with E-state index >= 15 is 0 Å². The van der Waals surface area contributed by atoms with Gasteiger partial charge in [-0.3, -0.25) is 14.5 Å². The molecule has 2 aromatic carbocycles. The molecular weight excluding hydrogens is 388 g/mol. The third kappa shape index (κ3) is 6.85. The number of carbonyl (C=O) groups excluding carboxylic acids is 2. The van der Waals surface area contributed by atoms with E-state index in [0.29, 0.717) is 17.1 Å². The number of rotatable bonds is 7. The van der Waals surface area contributed by atoms with Gasteiger partial charge in [0.25, 0.3) is 5.91 Å². The molecule has 29 heavy (non-hydrogen) atoms. The lowest BCUT2D eigenvalue weighted by Gasteiger charge is -2.32.